The zero-order valence-electron chi connectivity index (χ0n) is 10.5. The average Bonchev–Trinajstić information content (AvgIpc) is 2.35. The average molecular weight is 263 g/mol. The van der Waals surface area contributed by atoms with Crippen LogP contribution in [0, 0.1) is 12.3 Å². The number of unbranched alkanes of at least 4 members (excludes halogenated alkanes) is 3. The molecule has 3 nitrogen and oxygen atoms in total. The van der Waals surface area contributed by atoms with Crippen LogP contribution in [0.2, 0.25) is 0 Å². The predicted octanol–water partition coefficient (Wildman–Crippen LogP) is 2.47. The quantitative estimate of drug-likeness (QED) is 0.290. The lowest BCUT2D eigenvalue weighted by molar-refractivity contribution is 0.0195. The second-order valence-electron chi connectivity index (χ2n) is 3.58. The minimum atomic E-state index is 0.349. The molecule has 0 rings (SSSR count). The molecule has 0 amide bonds. The molecule has 0 aliphatic carbocycles. The van der Waals surface area contributed by atoms with E-state index in [0.29, 0.717) is 33.0 Å². The van der Waals surface area contributed by atoms with Crippen LogP contribution in [0.3, 0.4) is 0 Å². The Balaban J connectivity index is 2.87. The molecule has 0 fully saturated rings. The number of hydrogen-bond donors (Lipinski definition) is 0. The highest BCUT2D eigenvalue weighted by atomic mass is 35.5. The molecule has 0 aliphatic rings. The lowest BCUT2D eigenvalue weighted by Gasteiger charge is -2.05. The molecule has 0 aliphatic heterocycles. The van der Waals surface area contributed by atoms with Gasteiger partial charge in [-0.2, -0.15) is 0 Å². The Bertz CT molecular complexity index is 180. The van der Waals surface area contributed by atoms with Gasteiger partial charge in [0, 0.05) is 12.5 Å². The molecule has 0 atom stereocenters. The van der Waals surface area contributed by atoms with Crippen LogP contribution in [0.15, 0.2) is 0 Å². The number of hydrogen-bond acceptors (Lipinski definition) is 3. The van der Waals surface area contributed by atoms with Crippen molar-refractivity contribution in [1.82, 2.24) is 0 Å². The molecule has 0 saturated heterocycles. The zero-order chi connectivity index (χ0) is 12.6. The van der Waals surface area contributed by atoms with E-state index in [2.05, 4.69) is 5.92 Å². The summed E-state index contributed by atoms with van der Waals surface area (Å²) >= 11 is 5.58. The maximum absolute atomic E-state index is 5.58. The molecule has 0 unspecified atom stereocenters. The predicted molar refractivity (Wildman–Crippen MR) is 70.5 cm³/mol. The molecule has 0 radical (unpaired) electrons. The summed E-state index contributed by atoms with van der Waals surface area (Å²) in [7, 11) is 0. The van der Waals surface area contributed by atoms with E-state index < -0.39 is 0 Å². The molecule has 0 heterocycles. The van der Waals surface area contributed by atoms with E-state index in [0.717, 1.165) is 25.3 Å². The van der Waals surface area contributed by atoms with Gasteiger partial charge in [0.05, 0.1) is 26.4 Å². The number of halogens is 1. The van der Waals surface area contributed by atoms with Crippen LogP contribution in [0.1, 0.15) is 25.7 Å². The summed E-state index contributed by atoms with van der Waals surface area (Å²) < 4.78 is 15.8. The second-order valence-corrected chi connectivity index (χ2v) is 3.96. The molecule has 0 aromatic carbocycles. The maximum Gasteiger partial charge on any atom is 0.107 e. The van der Waals surface area contributed by atoms with Gasteiger partial charge in [-0.15, -0.1) is 18.0 Å². The summed E-state index contributed by atoms with van der Waals surface area (Å²) in [5.74, 6) is 3.16. The van der Waals surface area contributed by atoms with E-state index in [1.807, 2.05) is 0 Å². The van der Waals surface area contributed by atoms with Crippen molar-refractivity contribution in [2.24, 2.45) is 0 Å². The van der Waals surface area contributed by atoms with Crippen molar-refractivity contribution in [3.63, 3.8) is 0 Å². The fraction of sp³-hybridized carbons (Fsp3) is 0.846. The summed E-state index contributed by atoms with van der Waals surface area (Å²) in [6.45, 7) is 3.52. The van der Waals surface area contributed by atoms with Crippen LogP contribution in [-0.4, -0.2) is 45.5 Å². The lowest BCUT2D eigenvalue weighted by Crippen LogP contribution is -2.09. The molecule has 0 spiro atoms. The topological polar surface area (TPSA) is 27.7 Å². The Morgan fingerprint density at radius 3 is 2.00 bits per heavy atom. The van der Waals surface area contributed by atoms with E-state index in [1.54, 1.807) is 0 Å². The first-order valence-corrected chi connectivity index (χ1v) is 6.68. The zero-order valence-corrected chi connectivity index (χ0v) is 11.2. The first kappa shape index (κ1) is 16.7. The smallest absolute Gasteiger partial charge is 0.107 e. The van der Waals surface area contributed by atoms with Gasteiger partial charge >= 0.3 is 0 Å². The molecule has 0 bridgehead atoms. The molecule has 0 saturated carbocycles. The summed E-state index contributed by atoms with van der Waals surface area (Å²) in [5.41, 5.74) is 0. The number of alkyl halides is 1. The number of ether oxygens (including phenoxy) is 3. The molecule has 17 heavy (non-hydrogen) atoms. The van der Waals surface area contributed by atoms with Crippen molar-refractivity contribution in [2.75, 3.05) is 45.5 Å². The summed E-state index contributed by atoms with van der Waals surface area (Å²) in [5, 5.41) is 0. The largest absolute Gasteiger partial charge is 0.379 e. The third-order valence-corrected chi connectivity index (χ3v) is 2.37. The molecular weight excluding hydrogens is 240 g/mol. The van der Waals surface area contributed by atoms with Gasteiger partial charge in [0.15, 0.2) is 0 Å². The van der Waals surface area contributed by atoms with Gasteiger partial charge < -0.3 is 14.2 Å². The molecule has 0 aromatic rings. The standard InChI is InChI=1S/C13H23ClO3/c1-2-8-15-10-12-17-13-11-16-9-6-4-3-5-7-14/h1H,3-13H2. The van der Waals surface area contributed by atoms with Gasteiger partial charge in [0.25, 0.3) is 0 Å². The minimum absolute atomic E-state index is 0.349. The minimum Gasteiger partial charge on any atom is -0.379 e. The molecule has 0 aromatic heterocycles. The Hall–Kier alpha value is -0.270. The van der Waals surface area contributed by atoms with E-state index >= 15 is 0 Å². The SMILES string of the molecule is C#CCOCCOCCOCCCCCCCl. The molecule has 100 valence electrons. The molecule has 0 N–H and O–H groups in total. The second kappa shape index (κ2) is 15.7. The van der Waals surface area contributed by atoms with E-state index in [-0.39, 0.29) is 0 Å². The fourth-order valence-corrected chi connectivity index (χ4v) is 1.41. The van der Waals surface area contributed by atoms with Crippen molar-refractivity contribution in [3.8, 4) is 12.3 Å². The van der Waals surface area contributed by atoms with Crippen molar-refractivity contribution in [3.05, 3.63) is 0 Å². The van der Waals surface area contributed by atoms with Gasteiger partial charge in [-0.05, 0) is 12.8 Å². The van der Waals surface area contributed by atoms with E-state index in [9.17, 15) is 0 Å². The van der Waals surface area contributed by atoms with Crippen LogP contribution in [-0.2, 0) is 14.2 Å². The highest BCUT2D eigenvalue weighted by Crippen LogP contribution is 2.00. The fourth-order valence-electron chi connectivity index (χ4n) is 1.22. The van der Waals surface area contributed by atoms with Crippen LogP contribution in [0.4, 0.5) is 0 Å². The monoisotopic (exact) mass is 262 g/mol. The summed E-state index contributed by atoms with van der Waals surface area (Å²) in [6, 6.07) is 0. The number of rotatable bonds is 13. The van der Waals surface area contributed by atoms with Gasteiger partial charge in [-0.1, -0.05) is 18.8 Å². The third-order valence-electron chi connectivity index (χ3n) is 2.10. The van der Waals surface area contributed by atoms with Gasteiger partial charge in [-0.25, -0.2) is 0 Å². The number of terminal acetylenes is 1. The molecule has 4 heteroatoms. The summed E-state index contributed by atoms with van der Waals surface area (Å²) in [6.07, 6.45) is 9.60. The van der Waals surface area contributed by atoms with Crippen molar-refractivity contribution in [2.45, 2.75) is 25.7 Å². The summed E-state index contributed by atoms with van der Waals surface area (Å²) in [4.78, 5) is 0. The van der Waals surface area contributed by atoms with Gasteiger partial charge in [0.2, 0.25) is 0 Å². The van der Waals surface area contributed by atoms with E-state index in [4.69, 9.17) is 32.2 Å². The Kier molecular flexibility index (Phi) is 15.5. The van der Waals surface area contributed by atoms with Crippen LogP contribution < -0.4 is 0 Å². The van der Waals surface area contributed by atoms with Gasteiger partial charge in [-0.3, -0.25) is 0 Å². The van der Waals surface area contributed by atoms with Crippen molar-refractivity contribution in [1.29, 1.82) is 0 Å². The normalized spacial score (nSPS) is 10.4. The Morgan fingerprint density at radius 1 is 0.765 bits per heavy atom. The van der Waals surface area contributed by atoms with Crippen molar-refractivity contribution >= 4 is 11.6 Å². The van der Waals surface area contributed by atoms with Gasteiger partial charge in [0.1, 0.15) is 6.61 Å². The maximum atomic E-state index is 5.58. The van der Waals surface area contributed by atoms with Crippen LogP contribution >= 0.6 is 11.6 Å². The highest BCUT2D eigenvalue weighted by Gasteiger charge is 1.92. The first-order valence-electron chi connectivity index (χ1n) is 6.14. The Morgan fingerprint density at radius 2 is 1.35 bits per heavy atom. The van der Waals surface area contributed by atoms with E-state index in [1.165, 1.54) is 12.8 Å². The highest BCUT2D eigenvalue weighted by molar-refractivity contribution is 6.17. The first-order chi connectivity index (χ1) is 8.41. The van der Waals surface area contributed by atoms with Crippen LogP contribution in [0.5, 0.6) is 0 Å². The van der Waals surface area contributed by atoms with Crippen molar-refractivity contribution < 1.29 is 14.2 Å². The Labute approximate surface area is 110 Å². The molecular formula is C13H23ClO3. The van der Waals surface area contributed by atoms with Crippen LogP contribution in [0.25, 0.3) is 0 Å². The lowest BCUT2D eigenvalue weighted by atomic mass is 10.2. The third kappa shape index (κ3) is 15.7.